The van der Waals surface area contributed by atoms with Gasteiger partial charge in [0, 0.05) is 12.4 Å². The first kappa shape index (κ1) is 12.2. The second-order valence-corrected chi connectivity index (χ2v) is 4.08. The lowest BCUT2D eigenvalue weighted by atomic mass is 10.1. The zero-order chi connectivity index (χ0) is 11.3. The second kappa shape index (κ2) is 5.89. The van der Waals surface area contributed by atoms with Crippen molar-refractivity contribution in [2.75, 3.05) is 6.54 Å². The number of hydrogen-bond donors (Lipinski definition) is 1. The Morgan fingerprint density at radius 3 is 2.87 bits per heavy atom. The number of nitrogens with one attached hydrogen (secondary N) is 1. The van der Waals surface area contributed by atoms with Crippen LogP contribution >= 0.6 is 11.6 Å². The molecule has 1 atom stereocenters. The Morgan fingerprint density at radius 1 is 1.60 bits per heavy atom. The first-order chi connectivity index (χ1) is 7.15. The molecule has 82 valence electrons. The molecule has 0 saturated carbocycles. The molecule has 1 aromatic heterocycles. The molecule has 3 heteroatoms. The molecule has 1 unspecified atom stereocenters. The van der Waals surface area contributed by atoms with Crippen molar-refractivity contribution in [3.05, 3.63) is 40.7 Å². The normalized spacial score (nSPS) is 12.3. The van der Waals surface area contributed by atoms with Gasteiger partial charge in [-0.25, -0.2) is 0 Å². The lowest BCUT2D eigenvalue weighted by Crippen LogP contribution is -2.19. The van der Waals surface area contributed by atoms with E-state index in [1.54, 1.807) is 12.4 Å². The van der Waals surface area contributed by atoms with E-state index in [0.29, 0.717) is 5.02 Å². The molecule has 0 aromatic carbocycles. The molecule has 0 fully saturated rings. The van der Waals surface area contributed by atoms with Crippen LogP contribution in [0.1, 0.15) is 32.4 Å². The maximum absolute atomic E-state index is 6.11. The average Bonchev–Trinajstić information content (AvgIpc) is 2.17. The van der Waals surface area contributed by atoms with Crippen molar-refractivity contribution in [2.24, 2.45) is 0 Å². The van der Waals surface area contributed by atoms with Crippen molar-refractivity contribution >= 4 is 11.6 Å². The molecule has 1 heterocycles. The van der Waals surface area contributed by atoms with Gasteiger partial charge in [0.1, 0.15) is 0 Å². The maximum Gasteiger partial charge on any atom is 0.0640 e. The molecule has 0 amide bonds. The SMILES string of the molecule is CCNC(C=C(C)C)c1ccncc1Cl. The van der Waals surface area contributed by atoms with Crippen LogP contribution in [0.25, 0.3) is 0 Å². The summed E-state index contributed by atoms with van der Waals surface area (Å²) in [4.78, 5) is 3.99. The van der Waals surface area contributed by atoms with E-state index in [1.165, 1.54) is 5.57 Å². The summed E-state index contributed by atoms with van der Waals surface area (Å²) >= 11 is 6.11. The summed E-state index contributed by atoms with van der Waals surface area (Å²) in [6, 6.07) is 2.13. The van der Waals surface area contributed by atoms with Crippen LogP contribution in [0, 0.1) is 0 Å². The monoisotopic (exact) mass is 224 g/mol. The number of halogens is 1. The highest BCUT2D eigenvalue weighted by molar-refractivity contribution is 6.31. The maximum atomic E-state index is 6.11. The van der Waals surface area contributed by atoms with Crippen molar-refractivity contribution in [1.29, 1.82) is 0 Å². The molecule has 1 N–H and O–H groups in total. The Labute approximate surface area is 96.4 Å². The number of likely N-dealkylation sites (N-methyl/N-ethyl adjacent to an activating group) is 1. The van der Waals surface area contributed by atoms with Crippen LogP contribution in [0.15, 0.2) is 30.1 Å². The largest absolute Gasteiger partial charge is 0.307 e. The number of hydrogen-bond acceptors (Lipinski definition) is 2. The van der Waals surface area contributed by atoms with Gasteiger partial charge in [-0.15, -0.1) is 0 Å². The van der Waals surface area contributed by atoms with Gasteiger partial charge >= 0.3 is 0 Å². The van der Waals surface area contributed by atoms with Gasteiger partial charge in [0.2, 0.25) is 0 Å². The number of nitrogens with zero attached hydrogens (tertiary/aromatic N) is 1. The van der Waals surface area contributed by atoms with Gasteiger partial charge in [-0.05, 0) is 32.0 Å². The summed E-state index contributed by atoms with van der Waals surface area (Å²) < 4.78 is 0. The van der Waals surface area contributed by atoms with Crippen molar-refractivity contribution in [2.45, 2.75) is 26.8 Å². The second-order valence-electron chi connectivity index (χ2n) is 3.68. The Bertz CT molecular complexity index is 343. The van der Waals surface area contributed by atoms with Crippen molar-refractivity contribution < 1.29 is 0 Å². The zero-order valence-electron chi connectivity index (χ0n) is 9.42. The van der Waals surface area contributed by atoms with Gasteiger partial charge in [0.25, 0.3) is 0 Å². The number of aromatic nitrogens is 1. The summed E-state index contributed by atoms with van der Waals surface area (Å²) in [5.41, 5.74) is 2.35. The highest BCUT2D eigenvalue weighted by atomic mass is 35.5. The van der Waals surface area contributed by atoms with Gasteiger partial charge in [-0.3, -0.25) is 4.98 Å². The quantitative estimate of drug-likeness (QED) is 0.794. The molecule has 15 heavy (non-hydrogen) atoms. The van der Waals surface area contributed by atoms with Crippen LogP contribution in [-0.4, -0.2) is 11.5 Å². The topological polar surface area (TPSA) is 24.9 Å². The molecule has 0 aliphatic carbocycles. The van der Waals surface area contributed by atoms with Gasteiger partial charge in [0.05, 0.1) is 11.1 Å². The lowest BCUT2D eigenvalue weighted by Gasteiger charge is -2.16. The summed E-state index contributed by atoms with van der Waals surface area (Å²) in [6.45, 7) is 7.16. The summed E-state index contributed by atoms with van der Waals surface area (Å²) in [5.74, 6) is 0. The molecule has 0 spiro atoms. The van der Waals surface area contributed by atoms with E-state index in [1.807, 2.05) is 6.07 Å². The highest BCUT2D eigenvalue weighted by Gasteiger charge is 2.10. The zero-order valence-corrected chi connectivity index (χ0v) is 10.2. The third-order valence-electron chi connectivity index (χ3n) is 2.06. The van der Waals surface area contributed by atoms with Crippen LogP contribution in [0.5, 0.6) is 0 Å². The Hall–Kier alpha value is -0.860. The van der Waals surface area contributed by atoms with E-state index in [9.17, 15) is 0 Å². The van der Waals surface area contributed by atoms with E-state index >= 15 is 0 Å². The van der Waals surface area contributed by atoms with E-state index in [4.69, 9.17) is 11.6 Å². The molecule has 0 saturated heterocycles. The predicted octanol–water partition coefficient (Wildman–Crippen LogP) is 3.35. The van der Waals surface area contributed by atoms with Crippen LogP contribution < -0.4 is 5.32 Å². The molecule has 0 bridgehead atoms. The van der Waals surface area contributed by atoms with Gasteiger partial charge < -0.3 is 5.32 Å². The average molecular weight is 225 g/mol. The van der Waals surface area contributed by atoms with Crippen LogP contribution in [-0.2, 0) is 0 Å². The number of rotatable bonds is 4. The van der Waals surface area contributed by atoms with Crippen LogP contribution in [0.3, 0.4) is 0 Å². The fraction of sp³-hybridized carbons (Fsp3) is 0.417. The molecular weight excluding hydrogens is 208 g/mol. The third kappa shape index (κ3) is 3.65. The minimum atomic E-state index is 0.176. The minimum Gasteiger partial charge on any atom is -0.307 e. The van der Waals surface area contributed by atoms with Gasteiger partial charge in [0.15, 0.2) is 0 Å². The first-order valence-corrected chi connectivity index (χ1v) is 5.50. The molecule has 0 aliphatic heterocycles. The van der Waals surface area contributed by atoms with E-state index < -0.39 is 0 Å². The fourth-order valence-electron chi connectivity index (χ4n) is 1.45. The molecular formula is C12H17ClN2. The first-order valence-electron chi connectivity index (χ1n) is 5.13. The number of allylic oxidation sites excluding steroid dienone is 1. The van der Waals surface area contributed by atoms with Crippen molar-refractivity contribution in [3.8, 4) is 0 Å². The summed E-state index contributed by atoms with van der Waals surface area (Å²) in [6.07, 6.45) is 5.62. The van der Waals surface area contributed by atoms with E-state index in [0.717, 1.165) is 12.1 Å². The Balaban J connectivity index is 2.99. The highest BCUT2D eigenvalue weighted by Crippen LogP contribution is 2.23. The Kier molecular flexibility index (Phi) is 4.79. The van der Waals surface area contributed by atoms with E-state index in [2.05, 4.69) is 37.1 Å². The molecule has 2 nitrogen and oxygen atoms in total. The van der Waals surface area contributed by atoms with Crippen molar-refractivity contribution in [3.63, 3.8) is 0 Å². The Morgan fingerprint density at radius 2 is 2.33 bits per heavy atom. The number of pyridine rings is 1. The smallest absolute Gasteiger partial charge is 0.0640 e. The van der Waals surface area contributed by atoms with Crippen molar-refractivity contribution in [1.82, 2.24) is 10.3 Å². The standard InChI is InChI=1S/C12H17ClN2/c1-4-15-12(7-9(2)3)10-5-6-14-8-11(10)13/h5-8,12,15H,4H2,1-3H3. The van der Waals surface area contributed by atoms with E-state index in [-0.39, 0.29) is 6.04 Å². The van der Waals surface area contributed by atoms with Gasteiger partial charge in [-0.1, -0.05) is 30.2 Å². The summed E-state index contributed by atoms with van der Waals surface area (Å²) in [7, 11) is 0. The molecule has 1 rings (SSSR count). The van der Waals surface area contributed by atoms with Crippen LogP contribution in [0.4, 0.5) is 0 Å². The summed E-state index contributed by atoms with van der Waals surface area (Å²) in [5, 5.41) is 4.09. The third-order valence-corrected chi connectivity index (χ3v) is 2.38. The molecule has 1 aromatic rings. The van der Waals surface area contributed by atoms with Crippen LogP contribution in [0.2, 0.25) is 5.02 Å². The molecule has 0 aliphatic rings. The minimum absolute atomic E-state index is 0.176. The van der Waals surface area contributed by atoms with Gasteiger partial charge in [-0.2, -0.15) is 0 Å². The lowest BCUT2D eigenvalue weighted by molar-refractivity contribution is 0.644. The fourth-order valence-corrected chi connectivity index (χ4v) is 1.69. The predicted molar refractivity (Wildman–Crippen MR) is 65.1 cm³/mol. The molecule has 0 radical (unpaired) electrons.